The lowest BCUT2D eigenvalue weighted by Gasteiger charge is -2.33. The lowest BCUT2D eigenvalue weighted by Crippen LogP contribution is -2.37. The van der Waals surface area contributed by atoms with E-state index in [9.17, 15) is 0 Å². The van der Waals surface area contributed by atoms with Gasteiger partial charge in [-0.05, 0) is 24.1 Å². The highest BCUT2D eigenvalue weighted by Gasteiger charge is 2.18. The summed E-state index contributed by atoms with van der Waals surface area (Å²) >= 11 is 0. The fourth-order valence-electron chi connectivity index (χ4n) is 2.02. The van der Waals surface area contributed by atoms with Crippen LogP contribution in [-0.2, 0) is 0 Å². The van der Waals surface area contributed by atoms with Gasteiger partial charge in [-0.1, -0.05) is 30.3 Å². The summed E-state index contributed by atoms with van der Waals surface area (Å²) in [5.41, 5.74) is 2.49. The molecule has 0 aliphatic carbocycles. The van der Waals surface area contributed by atoms with E-state index in [4.69, 9.17) is 0 Å². The maximum Gasteiger partial charge on any atom is 0.136 e. The Kier molecular flexibility index (Phi) is 2.33. The molecule has 1 fully saturated rings. The van der Waals surface area contributed by atoms with E-state index in [0.717, 1.165) is 18.9 Å². The van der Waals surface area contributed by atoms with Crippen molar-refractivity contribution in [3.05, 3.63) is 48.7 Å². The molecular weight excluding hydrogens is 196 g/mol. The van der Waals surface area contributed by atoms with Crippen LogP contribution in [0.3, 0.4) is 0 Å². The Labute approximate surface area is 95.6 Å². The first-order chi connectivity index (χ1) is 7.95. The number of hydrogen-bond acceptors (Lipinski definition) is 2. The third-order valence-electron chi connectivity index (χ3n) is 3.03. The van der Waals surface area contributed by atoms with Gasteiger partial charge in [0.25, 0.3) is 0 Å². The second-order valence-corrected chi connectivity index (χ2v) is 4.08. The molecule has 1 aromatic heterocycles. The molecule has 2 aromatic rings. The zero-order chi connectivity index (χ0) is 10.8. The van der Waals surface area contributed by atoms with E-state index in [2.05, 4.69) is 40.2 Å². The van der Waals surface area contributed by atoms with Crippen molar-refractivity contribution in [2.45, 2.75) is 6.42 Å². The molecule has 0 bridgehead atoms. The van der Waals surface area contributed by atoms with Crippen molar-refractivity contribution in [1.82, 2.24) is 4.98 Å². The molecule has 1 aliphatic heterocycles. The highest BCUT2D eigenvalue weighted by Crippen LogP contribution is 2.30. The molecular formula is C14H14N2. The second kappa shape index (κ2) is 3.97. The first-order valence-electron chi connectivity index (χ1n) is 5.70. The van der Waals surface area contributed by atoms with Gasteiger partial charge in [0.05, 0.1) is 0 Å². The van der Waals surface area contributed by atoms with Crippen LogP contribution in [0.5, 0.6) is 0 Å². The van der Waals surface area contributed by atoms with Crippen molar-refractivity contribution in [2.24, 2.45) is 0 Å². The molecule has 16 heavy (non-hydrogen) atoms. The number of hydrogen-bond donors (Lipinski definition) is 0. The summed E-state index contributed by atoms with van der Waals surface area (Å²) in [4.78, 5) is 6.84. The highest BCUT2D eigenvalue weighted by molar-refractivity contribution is 5.76. The van der Waals surface area contributed by atoms with Crippen LogP contribution in [0.4, 0.5) is 5.82 Å². The van der Waals surface area contributed by atoms with Crippen molar-refractivity contribution in [1.29, 1.82) is 0 Å². The summed E-state index contributed by atoms with van der Waals surface area (Å²) in [5.74, 6) is 1.12. The fourth-order valence-corrected chi connectivity index (χ4v) is 2.02. The Morgan fingerprint density at radius 3 is 2.44 bits per heavy atom. The van der Waals surface area contributed by atoms with Gasteiger partial charge in [0.15, 0.2) is 0 Å². The van der Waals surface area contributed by atoms with E-state index in [1.165, 1.54) is 17.5 Å². The van der Waals surface area contributed by atoms with Gasteiger partial charge in [0.2, 0.25) is 0 Å². The summed E-state index contributed by atoms with van der Waals surface area (Å²) in [6.45, 7) is 2.27. The number of aromatic nitrogens is 1. The third kappa shape index (κ3) is 1.56. The first-order valence-corrected chi connectivity index (χ1v) is 5.70. The Morgan fingerprint density at radius 2 is 1.75 bits per heavy atom. The minimum Gasteiger partial charge on any atom is -0.356 e. The fraction of sp³-hybridized carbons (Fsp3) is 0.214. The smallest absolute Gasteiger partial charge is 0.136 e. The van der Waals surface area contributed by atoms with Gasteiger partial charge >= 0.3 is 0 Å². The molecule has 0 unspecified atom stereocenters. The molecule has 1 saturated heterocycles. The van der Waals surface area contributed by atoms with Gasteiger partial charge < -0.3 is 4.90 Å². The highest BCUT2D eigenvalue weighted by atomic mass is 15.2. The molecule has 0 radical (unpaired) electrons. The van der Waals surface area contributed by atoms with Crippen molar-refractivity contribution < 1.29 is 0 Å². The molecule has 1 aliphatic rings. The average molecular weight is 210 g/mol. The standard InChI is InChI=1S/C14H14N2/c1-2-6-12(7-3-1)13-8-4-9-15-14(13)16-10-5-11-16/h1-4,6-9H,5,10-11H2. The summed E-state index contributed by atoms with van der Waals surface area (Å²) in [7, 11) is 0. The first kappa shape index (κ1) is 9.40. The zero-order valence-electron chi connectivity index (χ0n) is 9.13. The molecule has 2 heterocycles. The number of benzene rings is 1. The van der Waals surface area contributed by atoms with Crippen LogP contribution in [0.25, 0.3) is 11.1 Å². The largest absolute Gasteiger partial charge is 0.356 e. The van der Waals surface area contributed by atoms with E-state index >= 15 is 0 Å². The van der Waals surface area contributed by atoms with Gasteiger partial charge in [-0.2, -0.15) is 0 Å². The minimum atomic E-state index is 1.12. The Morgan fingerprint density at radius 1 is 0.938 bits per heavy atom. The number of rotatable bonds is 2. The van der Waals surface area contributed by atoms with Crippen LogP contribution >= 0.6 is 0 Å². The second-order valence-electron chi connectivity index (χ2n) is 4.08. The van der Waals surface area contributed by atoms with E-state index in [1.54, 1.807) is 0 Å². The van der Waals surface area contributed by atoms with Gasteiger partial charge in [0, 0.05) is 24.8 Å². The van der Waals surface area contributed by atoms with E-state index < -0.39 is 0 Å². The summed E-state index contributed by atoms with van der Waals surface area (Å²) < 4.78 is 0. The maximum absolute atomic E-state index is 4.50. The SMILES string of the molecule is c1ccc(-c2cccnc2N2CCC2)cc1. The number of pyridine rings is 1. The van der Waals surface area contributed by atoms with Crippen LogP contribution in [-0.4, -0.2) is 18.1 Å². The Bertz CT molecular complexity index is 475. The molecule has 0 saturated carbocycles. The van der Waals surface area contributed by atoms with Gasteiger partial charge in [0.1, 0.15) is 5.82 Å². The van der Waals surface area contributed by atoms with Crippen molar-refractivity contribution in [3.63, 3.8) is 0 Å². The predicted octanol–water partition coefficient (Wildman–Crippen LogP) is 2.96. The van der Waals surface area contributed by atoms with Crippen LogP contribution in [0.1, 0.15) is 6.42 Å². The average Bonchev–Trinajstić information content (AvgIpc) is 2.29. The van der Waals surface area contributed by atoms with Crippen molar-refractivity contribution in [3.8, 4) is 11.1 Å². The molecule has 3 rings (SSSR count). The van der Waals surface area contributed by atoms with Gasteiger partial charge in [-0.3, -0.25) is 0 Å². The van der Waals surface area contributed by atoms with E-state index in [1.807, 2.05) is 18.3 Å². The molecule has 2 nitrogen and oxygen atoms in total. The summed E-state index contributed by atoms with van der Waals surface area (Å²) in [6, 6.07) is 14.6. The molecule has 1 aromatic carbocycles. The van der Waals surface area contributed by atoms with Crippen LogP contribution in [0.2, 0.25) is 0 Å². The van der Waals surface area contributed by atoms with E-state index in [0.29, 0.717) is 0 Å². The summed E-state index contributed by atoms with van der Waals surface area (Å²) in [5, 5.41) is 0. The molecule has 0 amide bonds. The Balaban J connectivity index is 2.06. The van der Waals surface area contributed by atoms with Gasteiger partial charge in [-0.15, -0.1) is 0 Å². The number of nitrogens with zero attached hydrogens (tertiary/aromatic N) is 2. The molecule has 0 N–H and O–H groups in total. The Hall–Kier alpha value is -1.83. The minimum absolute atomic E-state index is 1.12. The lowest BCUT2D eigenvalue weighted by molar-refractivity contribution is 0.610. The lowest BCUT2D eigenvalue weighted by atomic mass is 10.0. The molecule has 80 valence electrons. The quantitative estimate of drug-likeness (QED) is 0.757. The van der Waals surface area contributed by atoms with Crippen LogP contribution in [0, 0.1) is 0 Å². The predicted molar refractivity (Wildman–Crippen MR) is 66.5 cm³/mol. The normalized spacial score (nSPS) is 14.6. The maximum atomic E-state index is 4.50. The molecule has 0 atom stereocenters. The number of anilines is 1. The van der Waals surface area contributed by atoms with Crippen LogP contribution < -0.4 is 4.90 Å². The topological polar surface area (TPSA) is 16.1 Å². The van der Waals surface area contributed by atoms with E-state index in [-0.39, 0.29) is 0 Å². The van der Waals surface area contributed by atoms with Crippen molar-refractivity contribution in [2.75, 3.05) is 18.0 Å². The summed E-state index contributed by atoms with van der Waals surface area (Å²) in [6.07, 6.45) is 3.16. The zero-order valence-corrected chi connectivity index (χ0v) is 9.13. The molecule has 0 spiro atoms. The van der Waals surface area contributed by atoms with Crippen LogP contribution in [0.15, 0.2) is 48.7 Å². The monoisotopic (exact) mass is 210 g/mol. The third-order valence-corrected chi connectivity index (χ3v) is 3.03. The van der Waals surface area contributed by atoms with Crippen molar-refractivity contribution >= 4 is 5.82 Å². The molecule has 2 heteroatoms. The van der Waals surface area contributed by atoms with Gasteiger partial charge in [-0.25, -0.2) is 4.98 Å².